The smallest absolute Gasteiger partial charge is 0.225 e. The van der Waals surface area contributed by atoms with E-state index in [1.165, 1.54) is 43.2 Å². The number of aromatic nitrogens is 3. The van der Waals surface area contributed by atoms with Crippen LogP contribution in [0.5, 0.6) is 11.5 Å². The Morgan fingerprint density at radius 2 is 1.87 bits per heavy atom. The number of rotatable bonds is 13. The molecule has 0 saturated carbocycles. The van der Waals surface area contributed by atoms with Gasteiger partial charge in [0.15, 0.2) is 16.7 Å². The van der Waals surface area contributed by atoms with Gasteiger partial charge in [0.2, 0.25) is 11.8 Å². The van der Waals surface area contributed by atoms with Crippen molar-refractivity contribution >= 4 is 52.4 Å². The van der Waals surface area contributed by atoms with Gasteiger partial charge in [-0.25, -0.2) is 19.3 Å². The van der Waals surface area contributed by atoms with Crippen LogP contribution in [0.1, 0.15) is 30.3 Å². The molecular formula is C25H30FN7O4S2. The first-order chi connectivity index (χ1) is 18.7. The normalized spacial score (nSPS) is 11.3. The van der Waals surface area contributed by atoms with Crippen LogP contribution in [0, 0.1) is 6.92 Å². The van der Waals surface area contributed by atoms with Gasteiger partial charge in [0.25, 0.3) is 0 Å². The number of thioether (sulfide) groups is 1. The van der Waals surface area contributed by atoms with Gasteiger partial charge in [0, 0.05) is 49.1 Å². The molecule has 0 fully saturated rings. The topological polar surface area (TPSA) is 154 Å². The van der Waals surface area contributed by atoms with Crippen molar-refractivity contribution in [1.29, 1.82) is 0 Å². The highest BCUT2D eigenvalue weighted by Crippen LogP contribution is 2.36. The van der Waals surface area contributed by atoms with E-state index in [0.29, 0.717) is 34.7 Å². The number of ether oxygens (including phenoxy) is 2. The van der Waals surface area contributed by atoms with Crippen molar-refractivity contribution in [2.24, 2.45) is 10.7 Å². The van der Waals surface area contributed by atoms with Crippen LogP contribution in [0.4, 0.5) is 16.0 Å². The molecule has 0 radical (unpaired) electrons. The van der Waals surface area contributed by atoms with Crippen LogP contribution in [-0.2, 0) is 15.3 Å². The average molecular weight is 576 g/mol. The molecule has 39 heavy (non-hydrogen) atoms. The van der Waals surface area contributed by atoms with Crippen LogP contribution in [0.3, 0.4) is 0 Å². The molecule has 0 spiro atoms. The number of halogens is 1. The Labute approximate surface area is 233 Å². The van der Waals surface area contributed by atoms with Crippen LogP contribution >= 0.6 is 23.1 Å². The Balaban J connectivity index is 1.77. The van der Waals surface area contributed by atoms with Crippen molar-refractivity contribution < 1.29 is 23.5 Å². The van der Waals surface area contributed by atoms with E-state index in [4.69, 9.17) is 20.2 Å². The van der Waals surface area contributed by atoms with Gasteiger partial charge in [-0.3, -0.25) is 14.6 Å². The second-order valence-corrected chi connectivity index (χ2v) is 10.2. The third-order valence-corrected chi connectivity index (χ3v) is 7.07. The lowest BCUT2D eigenvalue weighted by atomic mass is 10.2. The van der Waals surface area contributed by atoms with E-state index >= 15 is 0 Å². The molecule has 0 saturated heterocycles. The zero-order valence-corrected chi connectivity index (χ0v) is 23.7. The molecule has 3 rings (SSSR count). The number of nitrogens with two attached hydrogens (primary N) is 1. The summed E-state index contributed by atoms with van der Waals surface area (Å²) in [4.78, 5) is 42.4. The molecule has 0 aliphatic carbocycles. The summed E-state index contributed by atoms with van der Waals surface area (Å²) in [5, 5.41) is 6.47. The number of amidine groups is 1. The number of carbonyl (C=O) groups excluding carboxylic acids is 2. The zero-order valence-electron chi connectivity index (χ0n) is 22.0. The van der Waals surface area contributed by atoms with Gasteiger partial charge in [-0.05, 0) is 25.1 Å². The quantitative estimate of drug-likeness (QED) is 0.118. The number of hydrogen-bond donors (Lipinski definition) is 3. The second kappa shape index (κ2) is 14.4. The van der Waals surface area contributed by atoms with E-state index in [0.717, 1.165) is 21.1 Å². The highest BCUT2D eigenvalue weighted by Gasteiger charge is 2.15. The first-order valence-electron chi connectivity index (χ1n) is 11.9. The van der Waals surface area contributed by atoms with Crippen LogP contribution < -0.4 is 25.8 Å². The lowest BCUT2D eigenvalue weighted by Crippen LogP contribution is -2.18. The second-order valence-electron chi connectivity index (χ2n) is 8.08. The van der Waals surface area contributed by atoms with E-state index in [1.54, 1.807) is 19.2 Å². The van der Waals surface area contributed by atoms with Crippen molar-refractivity contribution in [2.45, 2.75) is 37.6 Å². The minimum atomic E-state index is -0.607. The fourth-order valence-corrected chi connectivity index (χ4v) is 5.14. The molecule has 11 nitrogen and oxygen atoms in total. The Morgan fingerprint density at radius 1 is 1.13 bits per heavy atom. The molecule has 2 heterocycles. The molecule has 14 heteroatoms. The number of aryl methyl sites for hydroxylation is 1. The summed E-state index contributed by atoms with van der Waals surface area (Å²) in [6, 6.07) is 6.89. The van der Waals surface area contributed by atoms with E-state index in [1.807, 2.05) is 13.0 Å². The number of nitrogens with one attached hydrogen (secondary N) is 2. The van der Waals surface area contributed by atoms with E-state index < -0.39 is 6.67 Å². The number of alkyl halides is 1. The fraction of sp³-hybridized carbons (Fsp3) is 0.360. The lowest BCUT2D eigenvalue weighted by Gasteiger charge is -2.10. The van der Waals surface area contributed by atoms with Crippen LogP contribution in [-0.4, -0.2) is 60.0 Å². The van der Waals surface area contributed by atoms with Gasteiger partial charge in [-0.1, -0.05) is 11.8 Å². The molecular weight excluding hydrogens is 545 g/mol. The summed E-state index contributed by atoms with van der Waals surface area (Å²) in [6.07, 6.45) is 0.453. The molecule has 0 aliphatic rings. The lowest BCUT2D eigenvalue weighted by molar-refractivity contribution is -0.116. The number of carbonyl (C=O) groups is 2. The maximum atomic E-state index is 12.6. The van der Waals surface area contributed by atoms with Gasteiger partial charge < -0.3 is 25.8 Å². The molecule has 0 atom stereocenters. The molecule has 0 aliphatic heterocycles. The van der Waals surface area contributed by atoms with Gasteiger partial charge in [-0.2, -0.15) is 0 Å². The van der Waals surface area contributed by atoms with Crippen LogP contribution in [0.2, 0.25) is 0 Å². The molecule has 4 N–H and O–H groups in total. The first-order valence-corrected chi connectivity index (χ1v) is 13.7. The summed E-state index contributed by atoms with van der Waals surface area (Å²) < 4.78 is 23.4. The number of hydrogen-bond acceptors (Lipinski definition) is 10. The molecule has 3 aromatic rings. The minimum Gasteiger partial charge on any atom is -0.493 e. The first kappa shape index (κ1) is 29.8. The van der Waals surface area contributed by atoms with E-state index in [9.17, 15) is 14.0 Å². The molecule has 2 aromatic heterocycles. The fourth-order valence-electron chi connectivity index (χ4n) is 3.25. The van der Waals surface area contributed by atoms with Crippen LogP contribution in [0.25, 0.3) is 10.6 Å². The number of anilines is 2. The molecule has 2 amide bonds. The molecule has 1 aromatic carbocycles. The zero-order chi connectivity index (χ0) is 28.4. The van der Waals surface area contributed by atoms with Crippen molar-refractivity contribution in [3.8, 4) is 22.1 Å². The third-order valence-electron chi connectivity index (χ3n) is 5.15. The van der Waals surface area contributed by atoms with Gasteiger partial charge >= 0.3 is 0 Å². The van der Waals surface area contributed by atoms with Gasteiger partial charge in [0.1, 0.15) is 29.9 Å². The molecule has 0 bridgehead atoms. The monoisotopic (exact) mass is 575 g/mol. The van der Waals surface area contributed by atoms with E-state index in [-0.39, 0.29) is 36.5 Å². The SMILES string of the molecule is CN=C(N)CCC(=O)Nc1cc(NC(C)=O)nc(SCc2nc(-c3ccc(OC)c(OCCF)c3)sc2C)n1. The summed E-state index contributed by atoms with van der Waals surface area (Å²) in [7, 11) is 3.09. The average Bonchev–Trinajstić information content (AvgIpc) is 3.28. The Bertz CT molecular complexity index is 1350. The number of benzene rings is 1. The summed E-state index contributed by atoms with van der Waals surface area (Å²) in [5.74, 6) is 1.70. The predicted octanol–water partition coefficient (Wildman–Crippen LogP) is 4.22. The Morgan fingerprint density at radius 3 is 2.54 bits per heavy atom. The Kier molecular flexibility index (Phi) is 11.0. The number of thiazole rings is 1. The predicted molar refractivity (Wildman–Crippen MR) is 152 cm³/mol. The molecule has 208 valence electrons. The Hall–Kier alpha value is -3.78. The number of aliphatic imine (C=N–C) groups is 1. The summed E-state index contributed by atoms with van der Waals surface area (Å²) in [5.41, 5.74) is 7.31. The number of amides is 2. The van der Waals surface area contributed by atoms with Crippen molar-refractivity contribution in [3.63, 3.8) is 0 Å². The standard InChI is InChI=1S/C25H30FN7O4S2/c1-14-17(30-24(39-14)16-5-6-18(36-4)19(11-16)37-10-9-26)13-38-25-32-21(29-15(2)34)12-22(33-25)31-23(35)8-7-20(27)28-3/h5-6,11-12H,7-10,13H2,1-4H3,(H2,27,28)(H2,29,31,32,33,34,35). The van der Waals surface area contributed by atoms with Gasteiger partial charge in [-0.15, -0.1) is 11.3 Å². The summed E-state index contributed by atoms with van der Waals surface area (Å²) >= 11 is 2.83. The summed E-state index contributed by atoms with van der Waals surface area (Å²) in [6.45, 7) is 2.66. The maximum Gasteiger partial charge on any atom is 0.225 e. The third kappa shape index (κ3) is 8.89. The van der Waals surface area contributed by atoms with Crippen molar-refractivity contribution in [1.82, 2.24) is 15.0 Å². The van der Waals surface area contributed by atoms with Crippen molar-refractivity contribution in [3.05, 3.63) is 34.8 Å². The molecule has 0 unspecified atom stereocenters. The highest BCUT2D eigenvalue weighted by atomic mass is 32.2. The largest absolute Gasteiger partial charge is 0.493 e. The van der Waals surface area contributed by atoms with Crippen molar-refractivity contribution in [2.75, 3.05) is 38.1 Å². The van der Waals surface area contributed by atoms with E-state index in [2.05, 4.69) is 25.6 Å². The highest BCUT2D eigenvalue weighted by molar-refractivity contribution is 7.98. The number of methoxy groups -OCH3 is 1. The van der Waals surface area contributed by atoms with Gasteiger partial charge in [0.05, 0.1) is 18.6 Å². The minimum absolute atomic E-state index is 0.0698. The number of nitrogens with zero attached hydrogens (tertiary/aromatic N) is 4. The maximum absolute atomic E-state index is 12.6. The van der Waals surface area contributed by atoms with Crippen LogP contribution in [0.15, 0.2) is 34.4 Å².